The van der Waals surface area contributed by atoms with E-state index in [4.69, 9.17) is 32.7 Å². The number of amides is 1. The topological polar surface area (TPSA) is 69.6 Å². The van der Waals surface area contributed by atoms with Gasteiger partial charge in [0.2, 0.25) is 0 Å². The molecule has 1 aromatic heterocycles. The molecule has 0 radical (unpaired) electrons. The predicted molar refractivity (Wildman–Crippen MR) is 95.5 cm³/mol. The predicted octanol–water partition coefficient (Wildman–Crippen LogP) is 2.56. The van der Waals surface area contributed by atoms with Gasteiger partial charge in [-0.15, -0.1) is 0 Å². The standard InChI is InChI=1S/C17H16Cl2N2O4/c18-13-3-1-11(7-14(13)19)8-21-9-12(2-4-16(21)22)20-17(23)15-10-24-5-6-25-15/h1-4,7,9,15H,5-6,8,10H2,(H,20,23)/t15-/m0/s1. The molecule has 2 aromatic rings. The molecule has 2 heterocycles. The summed E-state index contributed by atoms with van der Waals surface area (Å²) in [5, 5.41) is 3.61. The molecule has 25 heavy (non-hydrogen) atoms. The van der Waals surface area contributed by atoms with Gasteiger partial charge in [0.25, 0.3) is 11.5 Å². The molecule has 1 atom stereocenters. The summed E-state index contributed by atoms with van der Waals surface area (Å²) in [4.78, 5) is 24.2. The van der Waals surface area contributed by atoms with Crippen LogP contribution >= 0.6 is 23.2 Å². The molecule has 132 valence electrons. The first-order chi connectivity index (χ1) is 12.0. The Balaban J connectivity index is 1.74. The third kappa shape index (κ3) is 4.61. The fourth-order valence-corrected chi connectivity index (χ4v) is 2.75. The van der Waals surface area contributed by atoms with Gasteiger partial charge in [-0.3, -0.25) is 9.59 Å². The minimum atomic E-state index is -0.649. The van der Waals surface area contributed by atoms with E-state index in [0.29, 0.717) is 35.5 Å². The molecular formula is C17H16Cl2N2O4. The van der Waals surface area contributed by atoms with Gasteiger partial charge in [0, 0.05) is 12.3 Å². The molecule has 8 heteroatoms. The number of ether oxygens (including phenoxy) is 2. The van der Waals surface area contributed by atoms with E-state index in [1.807, 2.05) is 0 Å². The number of halogens is 2. The number of carbonyl (C=O) groups is 1. The lowest BCUT2D eigenvalue weighted by Crippen LogP contribution is -2.39. The Bertz CT molecular complexity index is 832. The van der Waals surface area contributed by atoms with E-state index in [0.717, 1.165) is 5.56 Å². The van der Waals surface area contributed by atoms with Gasteiger partial charge in [0.05, 0.1) is 42.1 Å². The summed E-state index contributed by atoms with van der Waals surface area (Å²) in [5.74, 6) is -0.306. The van der Waals surface area contributed by atoms with Gasteiger partial charge in [0.15, 0.2) is 6.10 Å². The lowest BCUT2D eigenvalue weighted by atomic mass is 10.2. The van der Waals surface area contributed by atoms with Gasteiger partial charge < -0.3 is 19.4 Å². The summed E-state index contributed by atoms with van der Waals surface area (Å²) in [5.41, 5.74) is 1.13. The van der Waals surface area contributed by atoms with E-state index in [1.54, 1.807) is 30.5 Å². The Morgan fingerprint density at radius 3 is 2.76 bits per heavy atom. The normalized spacial score (nSPS) is 17.3. The number of pyridine rings is 1. The second kappa shape index (κ2) is 8.01. The minimum Gasteiger partial charge on any atom is -0.376 e. The number of hydrogen-bond donors (Lipinski definition) is 1. The van der Waals surface area contributed by atoms with Crippen molar-refractivity contribution in [3.63, 3.8) is 0 Å². The van der Waals surface area contributed by atoms with Crippen molar-refractivity contribution in [2.24, 2.45) is 0 Å². The number of hydrogen-bond acceptors (Lipinski definition) is 4. The van der Waals surface area contributed by atoms with Gasteiger partial charge in [-0.25, -0.2) is 0 Å². The van der Waals surface area contributed by atoms with E-state index in [1.165, 1.54) is 10.6 Å². The fraction of sp³-hybridized carbons (Fsp3) is 0.294. The summed E-state index contributed by atoms with van der Waals surface area (Å²) >= 11 is 11.9. The van der Waals surface area contributed by atoms with Crippen molar-refractivity contribution in [1.82, 2.24) is 4.57 Å². The van der Waals surface area contributed by atoms with Crippen LogP contribution in [-0.2, 0) is 20.8 Å². The molecule has 3 rings (SSSR count). The highest BCUT2D eigenvalue weighted by atomic mass is 35.5. The lowest BCUT2D eigenvalue weighted by molar-refractivity contribution is -0.142. The third-order valence-corrected chi connectivity index (χ3v) is 4.44. The number of anilines is 1. The molecule has 1 aliphatic heterocycles. The molecule has 0 unspecified atom stereocenters. The second-order valence-corrected chi connectivity index (χ2v) is 6.37. The molecule has 1 amide bonds. The molecule has 0 bridgehead atoms. The Kier molecular flexibility index (Phi) is 5.75. The van der Waals surface area contributed by atoms with Crippen molar-refractivity contribution in [3.8, 4) is 0 Å². The van der Waals surface area contributed by atoms with Gasteiger partial charge in [-0.05, 0) is 23.8 Å². The Hall–Kier alpha value is -1.86. The van der Waals surface area contributed by atoms with Crippen LogP contribution in [0, 0.1) is 0 Å². The van der Waals surface area contributed by atoms with Crippen molar-refractivity contribution in [3.05, 3.63) is 62.5 Å². The number of benzene rings is 1. The van der Waals surface area contributed by atoms with Crippen LogP contribution in [0.5, 0.6) is 0 Å². The smallest absolute Gasteiger partial charge is 0.255 e. The molecule has 0 saturated carbocycles. The largest absolute Gasteiger partial charge is 0.376 e. The van der Waals surface area contributed by atoms with E-state index in [2.05, 4.69) is 5.32 Å². The number of carbonyl (C=O) groups excluding carboxylic acids is 1. The highest BCUT2D eigenvalue weighted by Gasteiger charge is 2.22. The molecule has 6 nitrogen and oxygen atoms in total. The van der Waals surface area contributed by atoms with E-state index < -0.39 is 6.10 Å². The molecule has 1 aromatic carbocycles. The van der Waals surface area contributed by atoms with Crippen LogP contribution in [-0.4, -0.2) is 36.4 Å². The zero-order chi connectivity index (χ0) is 17.8. The number of nitrogens with one attached hydrogen (secondary N) is 1. The van der Waals surface area contributed by atoms with E-state index >= 15 is 0 Å². The summed E-state index contributed by atoms with van der Waals surface area (Å²) in [6.07, 6.45) is 0.927. The van der Waals surface area contributed by atoms with Crippen LogP contribution in [0.2, 0.25) is 10.0 Å². The number of rotatable bonds is 4. The SMILES string of the molecule is O=C(Nc1ccc(=O)n(Cc2ccc(Cl)c(Cl)c2)c1)[C@@H]1COCCO1. The first kappa shape index (κ1) is 17.9. The van der Waals surface area contributed by atoms with Crippen LogP contribution < -0.4 is 10.9 Å². The monoisotopic (exact) mass is 382 g/mol. The average Bonchev–Trinajstić information content (AvgIpc) is 2.62. The maximum Gasteiger partial charge on any atom is 0.255 e. The molecular weight excluding hydrogens is 367 g/mol. The van der Waals surface area contributed by atoms with Crippen molar-refractivity contribution in [2.45, 2.75) is 12.6 Å². The maximum absolute atomic E-state index is 12.2. The Morgan fingerprint density at radius 2 is 2.04 bits per heavy atom. The zero-order valence-electron chi connectivity index (χ0n) is 13.2. The minimum absolute atomic E-state index is 0.193. The van der Waals surface area contributed by atoms with Crippen LogP contribution in [0.1, 0.15) is 5.56 Å². The lowest BCUT2D eigenvalue weighted by Gasteiger charge is -2.22. The molecule has 1 N–H and O–H groups in total. The number of aromatic nitrogens is 1. The van der Waals surface area contributed by atoms with Gasteiger partial charge in [0.1, 0.15) is 0 Å². The Morgan fingerprint density at radius 1 is 1.20 bits per heavy atom. The summed E-state index contributed by atoms with van der Waals surface area (Å²) < 4.78 is 12.1. The van der Waals surface area contributed by atoms with Crippen molar-refractivity contribution in [2.75, 3.05) is 25.1 Å². The van der Waals surface area contributed by atoms with Crippen LogP contribution in [0.3, 0.4) is 0 Å². The average molecular weight is 383 g/mol. The fourth-order valence-electron chi connectivity index (χ4n) is 2.43. The van der Waals surface area contributed by atoms with Crippen molar-refractivity contribution < 1.29 is 14.3 Å². The first-order valence-electron chi connectivity index (χ1n) is 7.67. The molecule has 0 spiro atoms. The summed E-state index contributed by atoms with van der Waals surface area (Å²) in [6.45, 7) is 1.39. The third-order valence-electron chi connectivity index (χ3n) is 3.70. The van der Waals surface area contributed by atoms with E-state index in [9.17, 15) is 9.59 Å². The van der Waals surface area contributed by atoms with Crippen LogP contribution in [0.4, 0.5) is 5.69 Å². The maximum atomic E-state index is 12.2. The van der Waals surface area contributed by atoms with Crippen molar-refractivity contribution in [1.29, 1.82) is 0 Å². The van der Waals surface area contributed by atoms with Crippen LogP contribution in [0.25, 0.3) is 0 Å². The summed E-state index contributed by atoms with van der Waals surface area (Å²) in [6, 6.07) is 8.12. The zero-order valence-corrected chi connectivity index (χ0v) is 14.7. The second-order valence-electron chi connectivity index (χ2n) is 5.56. The number of nitrogens with zero attached hydrogens (tertiary/aromatic N) is 1. The highest BCUT2D eigenvalue weighted by Crippen LogP contribution is 2.23. The first-order valence-corrected chi connectivity index (χ1v) is 8.43. The van der Waals surface area contributed by atoms with Crippen LogP contribution in [0.15, 0.2) is 41.3 Å². The molecule has 1 fully saturated rings. The molecule has 0 aliphatic carbocycles. The summed E-state index contributed by atoms with van der Waals surface area (Å²) in [7, 11) is 0. The highest BCUT2D eigenvalue weighted by molar-refractivity contribution is 6.42. The van der Waals surface area contributed by atoms with Gasteiger partial charge in [-0.2, -0.15) is 0 Å². The molecule has 1 aliphatic rings. The quantitative estimate of drug-likeness (QED) is 0.881. The van der Waals surface area contributed by atoms with E-state index in [-0.39, 0.29) is 18.1 Å². The van der Waals surface area contributed by atoms with Gasteiger partial charge >= 0.3 is 0 Å². The van der Waals surface area contributed by atoms with Gasteiger partial charge in [-0.1, -0.05) is 29.3 Å². The Labute approximate surface area is 154 Å². The van der Waals surface area contributed by atoms with Crippen molar-refractivity contribution >= 4 is 34.8 Å². The molecule has 1 saturated heterocycles.